The molecule has 0 aliphatic heterocycles. The number of hydrogen-bond acceptors (Lipinski definition) is 2. The number of benzene rings is 1. The van der Waals surface area contributed by atoms with Crippen molar-refractivity contribution in [1.29, 1.82) is 0 Å². The molecule has 1 aromatic rings. The number of amides is 1. The van der Waals surface area contributed by atoms with Gasteiger partial charge in [-0.2, -0.15) is 0 Å². The van der Waals surface area contributed by atoms with E-state index in [0.29, 0.717) is 6.42 Å². The molecule has 0 radical (unpaired) electrons. The number of aliphatic carboxylic acids is 1. The van der Waals surface area contributed by atoms with E-state index in [0.717, 1.165) is 12.0 Å². The topological polar surface area (TPSA) is 66.4 Å². The van der Waals surface area contributed by atoms with Gasteiger partial charge in [0.2, 0.25) is 5.91 Å². The Hall–Kier alpha value is -1.84. The Bertz CT molecular complexity index is 444. The van der Waals surface area contributed by atoms with Crippen LogP contribution >= 0.6 is 0 Å². The Morgan fingerprint density at radius 1 is 1.15 bits per heavy atom. The molecular weight excluding hydrogens is 254 g/mol. The molecule has 4 nitrogen and oxygen atoms in total. The minimum Gasteiger partial charge on any atom is -0.480 e. The Labute approximate surface area is 120 Å². The van der Waals surface area contributed by atoms with Crippen LogP contribution in [-0.4, -0.2) is 23.0 Å². The van der Waals surface area contributed by atoms with Crippen molar-refractivity contribution in [1.82, 2.24) is 5.32 Å². The first kappa shape index (κ1) is 16.2. The highest BCUT2D eigenvalue weighted by Gasteiger charge is 2.28. The Kier molecular flexibility index (Phi) is 6.22. The summed E-state index contributed by atoms with van der Waals surface area (Å²) in [6.45, 7) is 5.79. The third kappa shape index (κ3) is 4.08. The number of carboxylic acid groups (broad SMARTS) is 1. The number of hydrogen-bond donors (Lipinski definition) is 2. The third-order valence-corrected chi connectivity index (χ3v) is 3.68. The first-order valence-corrected chi connectivity index (χ1v) is 7.09. The van der Waals surface area contributed by atoms with E-state index in [9.17, 15) is 9.59 Å². The molecule has 1 rings (SSSR count). The van der Waals surface area contributed by atoms with Gasteiger partial charge in [0.25, 0.3) is 0 Å². The van der Waals surface area contributed by atoms with Crippen LogP contribution in [0.2, 0.25) is 0 Å². The van der Waals surface area contributed by atoms with E-state index in [4.69, 9.17) is 5.11 Å². The maximum atomic E-state index is 12.4. The van der Waals surface area contributed by atoms with E-state index >= 15 is 0 Å². The number of carboxylic acids is 1. The molecule has 0 spiro atoms. The van der Waals surface area contributed by atoms with Crippen molar-refractivity contribution in [2.45, 2.75) is 45.6 Å². The van der Waals surface area contributed by atoms with Gasteiger partial charge in [0, 0.05) is 0 Å². The zero-order valence-corrected chi connectivity index (χ0v) is 12.3. The van der Waals surface area contributed by atoms with Crippen LogP contribution in [0.4, 0.5) is 0 Å². The summed E-state index contributed by atoms with van der Waals surface area (Å²) in [7, 11) is 0. The summed E-state index contributed by atoms with van der Waals surface area (Å²) in [5.41, 5.74) is 0.930. The number of nitrogens with one attached hydrogen (secondary N) is 1. The summed E-state index contributed by atoms with van der Waals surface area (Å²) < 4.78 is 0. The highest BCUT2D eigenvalue weighted by molar-refractivity contribution is 5.88. The summed E-state index contributed by atoms with van der Waals surface area (Å²) in [6.07, 6.45) is 1.24. The van der Waals surface area contributed by atoms with Crippen LogP contribution in [0.25, 0.3) is 0 Å². The van der Waals surface area contributed by atoms with Crippen LogP contribution in [0.1, 0.15) is 45.1 Å². The molecule has 4 heteroatoms. The maximum Gasteiger partial charge on any atom is 0.326 e. The predicted molar refractivity (Wildman–Crippen MR) is 78.5 cm³/mol. The quantitative estimate of drug-likeness (QED) is 0.805. The highest BCUT2D eigenvalue weighted by Crippen LogP contribution is 2.27. The Morgan fingerprint density at radius 3 is 2.20 bits per heavy atom. The molecule has 3 unspecified atom stereocenters. The molecule has 0 heterocycles. The van der Waals surface area contributed by atoms with Crippen molar-refractivity contribution in [2.75, 3.05) is 0 Å². The predicted octanol–water partition coefficient (Wildman–Crippen LogP) is 2.80. The molecule has 3 atom stereocenters. The number of rotatable bonds is 7. The van der Waals surface area contributed by atoms with Crippen molar-refractivity contribution in [3.8, 4) is 0 Å². The number of carbonyl (C=O) groups excluding carboxylic acids is 1. The van der Waals surface area contributed by atoms with Gasteiger partial charge in [-0.25, -0.2) is 4.79 Å². The minimum absolute atomic E-state index is 0.156. The molecule has 0 aliphatic carbocycles. The van der Waals surface area contributed by atoms with E-state index in [-0.39, 0.29) is 17.7 Å². The first-order chi connectivity index (χ1) is 9.51. The summed E-state index contributed by atoms with van der Waals surface area (Å²) in [6, 6.07) is 8.70. The fourth-order valence-electron chi connectivity index (χ4n) is 2.23. The molecule has 110 valence electrons. The smallest absolute Gasteiger partial charge is 0.326 e. The molecule has 0 saturated carbocycles. The van der Waals surface area contributed by atoms with Crippen molar-refractivity contribution in [3.05, 3.63) is 35.9 Å². The standard InChI is InChI=1S/C16H23NO3/c1-4-11(3)14(12-9-7-6-8-10-12)15(18)17-13(5-2)16(19)20/h6-11,13-14H,4-5H2,1-3H3,(H,17,18)(H,19,20). The minimum atomic E-state index is -0.989. The van der Waals surface area contributed by atoms with E-state index in [1.165, 1.54) is 0 Å². The van der Waals surface area contributed by atoms with Crippen molar-refractivity contribution >= 4 is 11.9 Å². The van der Waals surface area contributed by atoms with Gasteiger partial charge in [-0.15, -0.1) is 0 Å². The van der Waals surface area contributed by atoms with E-state index < -0.39 is 12.0 Å². The second kappa shape index (κ2) is 7.68. The zero-order chi connectivity index (χ0) is 15.1. The van der Waals surface area contributed by atoms with Crippen molar-refractivity contribution in [3.63, 3.8) is 0 Å². The fraction of sp³-hybridized carbons (Fsp3) is 0.500. The second-order valence-corrected chi connectivity index (χ2v) is 5.08. The number of carbonyl (C=O) groups is 2. The molecule has 1 aromatic carbocycles. The van der Waals surface area contributed by atoms with Gasteiger partial charge in [0.05, 0.1) is 5.92 Å². The molecule has 0 aromatic heterocycles. The van der Waals surface area contributed by atoms with Crippen LogP contribution < -0.4 is 5.32 Å². The van der Waals surface area contributed by atoms with Gasteiger partial charge < -0.3 is 10.4 Å². The van der Waals surface area contributed by atoms with E-state index in [1.807, 2.05) is 44.2 Å². The lowest BCUT2D eigenvalue weighted by atomic mass is 9.84. The zero-order valence-electron chi connectivity index (χ0n) is 12.3. The maximum absolute atomic E-state index is 12.4. The van der Waals surface area contributed by atoms with Crippen LogP contribution in [0, 0.1) is 5.92 Å². The average Bonchev–Trinajstić information content (AvgIpc) is 2.45. The third-order valence-electron chi connectivity index (χ3n) is 3.68. The summed E-state index contributed by atoms with van der Waals surface area (Å²) in [5.74, 6) is -1.35. The average molecular weight is 277 g/mol. The van der Waals surface area contributed by atoms with Crippen molar-refractivity contribution in [2.24, 2.45) is 5.92 Å². The molecule has 1 amide bonds. The van der Waals surface area contributed by atoms with E-state index in [1.54, 1.807) is 6.92 Å². The van der Waals surface area contributed by atoms with Gasteiger partial charge in [-0.3, -0.25) is 4.79 Å². The SMILES string of the molecule is CCC(NC(=O)C(c1ccccc1)C(C)CC)C(=O)O. The molecule has 0 aliphatic rings. The molecule has 0 saturated heterocycles. The lowest BCUT2D eigenvalue weighted by Gasteiger charge is -2.24. The summed E-state index contributed by atoms with van der Waals surface area (Å²) in [5, 5.41) is 11.7. The first-order valence-electron chi connectivity index (χ1n) is 7.09. The molecule has 2 N–H and O–H groups in total. The van der Waals surface area contributed by atoms with Crippen molar-refractivity contribution < 1.29 is 14.7 Å². The second-order valence-electron chi connectivity index (χ2n) is 5.08. The van der Waals surface area contributed by atoms with Crippen LogP contribution in [0.15, 0.2) is 30.3 Å². The monoisotopic (exact) mass is 277 g/mol. The largest absolute Gasteiger partial charge is 0.480 e. The Morgan fingerprint density at radius 2 is 1.75 bits per heavy atom. The van der Waals surface area contributed by atoms with Gasteiger partial charge in [0.1, 0.15) is 6.04 Å². The van der Waals surface area contributed by atoms with Crippen LogP contribution in [0.5, 0.6) is 0 Å². The van der Waals surface area contributed by atoms with Gasteiger partial charge in [-0.1, -0.05) is 57.5 Å². The molecule has 0 bridgehead atoms. The lowest BCUT2D eigenvalue weighted by molar-refractivity contribution is -0.142. The Balaban J connectivity index is 2.94. The normalized spacial score (nSPS) is 15.2. The summed E-state index contributed by atoms with van der Waals surface area (Å²) >= 11 is 0. The molecular formula is C16H23NO3. The fourth-order valence-corrected chi connectivity index (χ4v) is 2.23. The molecule has 0 fully saturated rings. The van der Waals surface area contributed by atoms with Gasteiger partial charge >= 0.3 is 5.97 Å². The lowest BCUT2D eigenvalue weighted by Crippen LogP contribution is -2.43. The van der Waals surface area contributed by atoms with Gasteiger partial charge in [-0.05, 0) is 17.9 Å². The highest BCUT2D eigenvalue weighted by atomic mass is 16.4. The van der Waals surface area contributed by atoms with E-state index in [2.05, 4.69) is 5.32 Å². The van der Waals surface area contributed by atoms with Gasteiger partial charge in [0.15, 0.2) is 0 Å². The van der Waals surface area contributed by atoms with Crippen LogP contribution in [0.3, 0.4) is 0 Å². The summed E-state index contributed by atoms with van der Waals surface area (Å²) in [4.78, 5) is 23.5. The van der Waals surface area contributed by atoms with Crippen LogP contribution in [-0.2, 0) is 9.59 Å². The molecule has 20 heavy (non-hydrogen) atoms.